The Hall–Kier alpha value is -2.89. The molecule has 6 nitrogen and oxygen atoms in total. The molecule has 0 aromatic rings. The van der Waals surface area contributed by atoms with Crippen LogP contribution in [0.15, 0.2) is 60.8 Å². The fraction of sp³-hybridized carbons (Fsp3) is 0.745. The van der Waals surface area contributed by atoms with E-state index in [1.807, 2.05) is 6.08 Å². The van der Waals surface area contributed by atoms with Gasteiger partial charge < -0.3 is 14.2 Å². The highest BCUT2D eigenvalue weighted by molar-refractivity contribution is 5.71. The normalized spacial score (nSPS) is 12.5. The van der Waals surface area contributed by atoms with Crippen LogP contribution in [0.2, 0.25) is 0 Å². The van der Waals surface area contributed by atoms with E-state index in [4.69, 9.17) is 14.2 Å². The van der Waals surface area contributed by atoms with E-state index in [0.29, 0.717) is 19.3 Å². The Balaban J connectivity index is 4.48. The van der Waals surface area contributed by atoms with E-state index in [1.165, 1.54) is 109 Å². The molecular formula is C51H88O6. The molecule has 0 rings (SSSR count). The zero-order valence-electron chi connectivity index (χ0n) is 37.3. The fourth-order valence-corrected chi connectivity index (χ4v) is 6.45. The van der Waals surface area contributed by atoms with Crippen molar-refractivity contribution in [2.45, 2.75) is 232 Å². The van der Waals surface area contributed by atoms with Gasteiger partial charge >= 0.3 is 17.9 Å². The lowest BCUT2D eigenvalue weighted by Crippen LogP contribution is -2.30. The van der Waals surface area contributed by atoms with Crippen LogP contribution in [0, 0.1) is 0 Å². The van der Waals surface area contributed by atoms with E-state index in [2.05, 4.69) is 75.5 Å². The molecule has 0 saturated heterocycles. The number of rotatable bonds is 42. The first-order valence-electron chi connectivity index (χ1n) is 23.8. The van der Waals surface area contributed by atoms with Crippen LogP contribution in [0.1, 0.15) is 226 Å². The minimum atomic E-state index is -0.816. The monoisotopic (exact) mass is 797 g/mol. The topological polar surface area (TPSA) is 78.9 Å². The average molecular weight is 797 g/mol. The zero-order valence-corrected chi connectivity index (χ0v) is 37.3. The third-order valence-electron chi connectivity index (χ3n) is 10.0. The maximum absolute atomic E-state index is 12.7. The van der Waals surface area contributed by atoms with Crippen LogP contribution in [0.4, 0.5) is 0 Å². The van der Waals surface area contributed by atoms with Gasteiger partial charge in [0.1, 0.15) is 13.2 Å². The molecule has 57 heavy (non-hydrogen) atoms. The van der Waals surface area contributed by atoms with E-state index >= 15 is 0 Å². The van der Waals surface area contributed by atoms with E-state index in [-0.39, 0.29) is 37.5 Å². The first-order valence-corrected chi connectivity index (χ1v) is 23.8. The van der Waals surface area contributed by atoms with Gasteiger partial charge in [-0.3, -0.25) is 14.4 Å². The van der Waals surface area contributed by atoms with E-state index in [9.17, 15) is 14.4 Å². The van der Waals surface area contributed by atoms with E-state index in [1.54, 1.807) is 0 Å². The molecule has 0 aliphatic rings. The summed E-state index contributed by atoms with van der Waals surface area (Å²) >= 11 is 0. The van der Waals surface area contributed by atoms with Gasteiger partial charge in [0.25, 0.3) is 0 Å². The molecule has 0 heterocycles. The number of carbonyl (C=O) groups excluding carboxylic acids is 3. The zero-order chi connectivity index (χ0) is 41.5. The van der Waals surface area contributed by atoms with Crippen LogP contribution in [0.25, 0.3) is 0 Å². The second kappa shape index (κ2) is 45.8. The Morgan fingerprint density at radius 2 is 0.719 bits per heavy atom. The summed E-state index contributed by atoms with van der Waals surface area (Å²) in [4.78, 5) is 37.7. The fourth-order valence-electron chi connectivity index (χ4n) is 6.45. The summed E-state index contributed by atoms with van der Waals surface area (Å²) in [6.45, 7) is 6.42. The highest BCUT2D eigenvalue weighted by Crippen LogP contribution is 2.14. The van der Waals surface area contributed by atoms with Crippen molar-refractivity contribution < 1.29 is 28.6 Å². The van der Waals surface area contributed by atoms with E-state index < -0.39 is 6.10 Å². The minimum absolute atomic E-state index is 0.107. The number of allylic oxidation sites excluding steroid dienone is 10. The number of carbonyl (C=O) groups is 3. The molecule has 6 heteroatoms. The predicted molar refractivity (Wildman–Crippen MR) is 242 cm³/mol. The van der Waals surface area contributed by atoms with Gasteiger partial charge in [0, 0.05) is 19.3 Å². The summed E-state index contributed by atoms with van der Waals surface area (Å²) in [5.41, 5.74) is 0. The van der Waals surface area contributed by atoms with E-state index in [0.717, 1.165) is 70.6 Å². The summed E-state index contributed by atoms with van der Waals surface area (Å²) in [6, 6.07) is 0. The lowest BCUT2D eigenvalue weighted by atomic mass is 10.0. The second-order valence-electron chi connectivity index (χ2n) is 15.6. The Bertz CT molecular complexity index is 1050. The lowest BCUT2D eigenvalue weighted by molar-refractivity contribution is -0.166. The maximum Gasteiger partial charge on any atom is 0.306 e. The molecule has 0 amide bonds. The number of hydrogen-bond acceptors (Lipinski definition) is 6. The predicted octanol–water partition coefficient (Wildman–Crippen LogP) is 15.3. The minimum Gasteiger partial charge on any atom is -0.462 e. The van der Waals surface area contributed by atoms with Gasteiger partial charge in [-0.25, -0.2) is 0 Å². The molecule has 0 saturated carbocycles. The van der Waals surface area contributed by atoms with Crippen LogP contribution in [0.5, 0.6) is 0 Å². The third kappa shape index (κ3) is 44.1. The van der Waals surface area contributed by atoms with Gasteiger partial charge in [-0.1, -0.05) is 197 Å². The van der Waals surface area contributed by atoms with Crippen LogP contribution < -0.4 is 0 Å². The van der Waals surface area contributed by atoms with Gasteiger partial charge in [0.15, 0.2) is 6.10 Å². The average Bonchev–Trinajstić information content (AvgIpc) is 3.21. The lowest BCUT2D eigenvalue weighted by Gasteiger charge is -2.18. The summed E-state index contributed by atoms with van der Waals surface area (Å²) in [7, 11) is 0. The molecule has 0 fully saturated rings. The molecule has 1 atom stereocenters. The summed E-state index contributed by atoms with van der Waals surface area (Å²) in [5.74, 6) is -1.02. The van der Waals surface area contributed by atoms with Crippen molar-refractivity contribution in [1.82, 2.24) is 0 Å². The molecule has 0 spiro atoms. The van der Waals surface area contributed by atoms with Gasteiger partial charge in [-0.2, -0.15) is 0 Å². The van der Waals surface area contributed by atoms with Crippen molar-refractivity contribution in [2.75, 3.05) is 13.2 Å². The van der Waals surface area contributed by atoms with Crippen molar-refractivity contribution in [1.29, 1.82) is 0 Å². The van der Waals surface area contributed by atoms with Crippen LogP contribution in [0.3, 0.4) is 0 Å². The molecule has 0 N–H and O–H groups in total. The highest BCUT2D eigenvalue weighted by atomic mass is 16.6. The Morgan fingerprint density at radius 1 is 0.368 bits per heavy atom. The Labute approximate surface area is 351 Å². The molecule has 328 valence electrons. The summed E-state index contributed by atoms with van der Waals surface area (Å²) in [6.07, 6.45) is 55.1. The van der Waals surface area contributed by atoms with Gasteiger partial charge in [-0.05, 0) is 70.6 Å². The Morgan fingerprint density at radius 3 is 1.18 bits per heavy atom. The van der Waals surface area contributed by atoms with Crippen LogP contribution in [-0.2, 0) is 28.6 Å². The van der Waals surface area contributed by atoms with Crippen molar-refractivity contribution in [2.24, 2.45) is 0 Å². The van der Waals surface area contributed by atoms with Crippen LogP contribution >= 0.6 is 0 Å². The maximum atomic E-state index is 12.7. The summed E-state index contributed by atoms with van der Waals surface area (Å²) < 4.78 is 16.6. The molecule has 0 bridgehead atoms. The summed E-state index contributed by atoms with van der Waals surface area (Å²) in [5, 5.41) is 0. The van der Waals surface area contributed by atoms with Crippen LogP contribution in [-0.4, -0.2) is 37.2 Å². The van der Waals surface area contributed by atoms with Crippen molar-refractivity contribution in [3.63, 3.8) is 0 Å². The standard InChI is InChI=1S/C51H88O6/c1-4-7-10-13-16-19-22-25-27-29-32-35-38-41-44-50(53)56-47-48(46-55-49(52)43-40-37-34-31-28-24-21-18-15-12-9-6-3)57-51(54)45-42-39-36-33-30-26-23-20-17-14-11-8-5-2/h9,12,18,21,26,28,30-31,36,39,48H,4-8,10-11,13-17,19-20,22-25,27,29,32-35,37-38,40-47H2,1-3H3/b12-9-,21-18-,30-26-,31-28-,39-36-. The van der Waals surface area contributed by atoms with Crippen molar-refractivity contribution >= 4 is 17.9 Å². The third-order valence-corrected chi connectivity index (χ3v) is 10.0. The smallest absolute Gasteiger partial charge is 0.306 e. The molecule has 0 aromatic carbocycles. The van der Waals surface area contributed by atoms with Gasteiger partial charge in [-0.15, -0.1) is 0 Å². The SMILES string of the molecule is CC/C=C\C/C=C\C/C=C\CCCCC(=O)OCC(COC(=O)CCCCCCCCCCCCCCCC)OC(=O)CC/C=C\C/C=C\CCCCCCCC. The van der Waals surface area contributed by atoms with Gasteiger partial charge in [0.05, 0.1) is 0 Å². The number of hydrogen-bond donors (Lipinski definition) is 0. The quantitative estimate of drug-likeness (QED) is 0.0265. The molecule has 0 aliphatic heterocycles. The first-order chi connectivity index (χ1) is 28.0. The molecule has 0 aromatic heterocycles. The second-order valence-corrected chi connectivity index (χ2v) is 15.6. The highest BCUT2D eigenvalue weighted by Gasteiger charge is 2.19. The molecule has 0 aliphatic carbocycles. The number of ether oxygens (including phenoxy) is 3. The number of unbranched alkanes of at least 4 members (excludes halogenated alkanes) is 21. The first kappa shape index (κ1) is 54.1. The Kier molecular flexibility index (Phi) is 43.5. The molecule has 0 radical (unpaired) electrons. The van der Waals surface area contributed by atoms with Crippen molar-refractivity contribution in [3.05, 3.63) is 60.8 Å². The molecule has 1 unspecified atom stereocenters. The number of esters is 3. The van der Waals surface area contributed by atoms with Gasteiger partial charge in [0.2, 0.25) is 0 Å². The largest absolute Gasteiger partial charge is 0.462 e. The van der Waals surface area contributed by atoms with Crippen molar-refractivity contribution in [3.8, 4) is 0 Å². The molecular weight excluding hydrogens is 709 g/mol.